The Morgan fingerprint density at radius 2 is 1.70 bits per heavy atom. The summed E-state index contributed by atoms with van der Waals surface area (Å²) in [5, 5.41) is 5.91. The summed E-state index contributed by atoms with van der Waals surface area (Å²) in [6, 6.07) is 20.3. The number of para-hydroxylation sites is 1. The van der Waals surface area contributed by atoms with E-state index in [1.807, 2.05) is 47.4 Å². The third-order valence-electron chi connectivity index (χ3n) is 6.14. The second-order valence-electron chi connectivity index (χ2n) is 8.10. The minimum atomic E-state index is -0.299. The van der Waals surface area contributed by atoms with Crippen LogP contribution in [0.3, 0.4) is 0 Å². The van der Waals surface area contributed by atoms with Gasteiger partial charge in [0.15, 0.2) is 0 Å². The molecular formula is C26H30N2O2. The Morgan fingerprint density at radius 1 is 0.967 bits per heavy atom. The molecular weight excluding hydrogens is 372 g/mol. The van der Waals surface area contributed by atoms with Crippen LogP contribution in [-0.4, -0.2) is 23.0 Å². The highest BCUT2D eigenvalue weighted by molar-refractivity contribution is 6.02. The number of benzene rings is 3. The average Bonchev–Trinajstić information content (AvgIpc) is 2.78. The van der Waals surface area contributed by atoms with Crippen molar-refractivity contribution in [2.24, 2.45) is 0 Å². The molecule has 4 nitrogen and oxygen atoms in total. The molecule has 0 aliphatic carbocycles. The molecule has 1 N–H and O–H groups in total. The fourth-order valence-electron chi connectivity index (χ4n) is 4.09. The van der Waals surface area contributed by atoms with Gasteiger partial charge >= 0.3 is 0 Å². The highest BCUT2D eigenvalue weighted by Gasteiger charge is 2.37. The van der Waals surface area contributed by atoms with Crippen LogP contribution in [0, 0.1) is 0 Å². The van der Waals surface area contributed by atoms with E-state index in [0.717, 1.165) is 46.2 Å². The van der Waals surface area contributed by atoms with Gasteiger partial charge in [-0.05, 0) is 55.7 Å². The number of hydrogen-bond acceptors (Lipinski definition) is 3. The average molecular weight is 403 g/mol. The number of hydrogen-bond donors (Lipinski definition) is 1. The van der Waals surface area contributed by atoms with Crippen LogP contribution in [0.4, 0.5) is 5.69 Å². The highest BCUT2D eigenvalue weighted by Crippen LogP contribution is 2.42. The molecule has 0 spiro atoms. The number of anilines is 1. The summed E-state index contributed by atoms with van der Waals surface area (Å²) in [7, 11) is 0. The molecule has 156 valence electrons. The van der Waals surface area contributed by atoms with Crippen molar-refractivity contribution in [3.05, 3.63) is 71.8 Å². The first-order valence-electron chi connectivity index (χ1n) is 10.9. The summed E-state index contributed by atoms with van der Waals surface area (Å²) in [6.45, 7) is 8.44. The second-order valence-corrected chi connectivity index (χ2v) is 8.10. The maximum Gasteiger partial charge on any atom is 0.258 e. The summed E-state index contributed by atoms with van der Waals surface area (Å²) in [5.41, 5.74) is 2.62. The van der Waals surface area contributed by atoms with Crippen LogP contribution in [0.25, 0.3) is 10.8 Å². The SMILES string of the molecule is CCC(C)Oc1ccc2ccccc2c1C1Nc2ccccc2C(=O)N1C(C)CC. The van der Waals surface area contributed by atoms with Crippen LogP contribution < -0.4 is 10.1 Å². The first-order valence-corrected chi connectivity index (χ1v) is 10.9. The van der Waals surface area contributed by atoms with E-state index in [-0.39, 0.29) is 24.2 Å². The van der Waals surface area contributed by atoms with Crippen molar-refractivity contribution in [3.63, 3.8) is 0 Å². The van der Waals surface area contributed by atoms with Crippen LogP contribution in [0.1, 0.15) is 62.6 Å². The number of amides is 1. The molecule has 1 aliphatic rings. The van der Waals surface area contributed by atoms with E-state index in [0.29, 0.717) is 0 Å². The van der Waals surface area contributed by atoms with Crippen LogP contribution in [0.15, 0.2) is 60.7 Å². The zero-order valence-electron chi connectivity index (χ0n) is 18.2. The van der Waals surface area contributed by atoms with E-state index in [4.69, 9.17) is 4.74 Å². The van der Waals surface area contributed by atoms with Crippen molar-refractivity contribution >= 4 is 22.4 Å². The lowest BCUT2D eigenvalue weighted by Gasteiger charge is -2.42. The molecule has 0 aromatic heterocycles. The van der Waals surface area contributed by atoms with Gasteiger partial charge in [0.1, 0.15) is 11.9 Å². The van der Waals surface area contributed by atoms with Crippen molar-refractivity contribution in [2.75, 3.05) is 5.32 Å². The zero-order valence-corrected chi connectivity index (χ0v) is 18.2. The Balaban J connectivity index is 1.94. The molecule has 0 fully saturated rings. The molecule has 30 heavy (non-hydrogen) atoms. The molecule has 1 aliphatic heterocycles. The Labute approximate surface area is 178 Å². The summed E-state index contributed by atoms with van der Waals surface area (Å²) in [4.78, 5) is 15.6. The Hall–Kier alpha value is -3.01. The molecule has 0 saturated carbocycles. The third kappa shape index (κ3) is 3.51. The van der Waals surface area contributed by atoms with Gasteiger partial charge in [-0.3, -0.25) is 4.79 Å². The molecule has 0 bridgehead atoms. The fourth-order valence-corrected chi connectivity index (χ4v) is 4.09. The molecule has 1 heterocycles. The Morgan fingerprint density at radius 3 is 2.47 bits per heavy atom. The second kappa shape index (κ2) is 8.39. The largest absolute Gasteiger partial charge is 0.490 e. The van der Waals surface area contributed by atoms with E-state index < -0.39 is 0 Å². The lowest BCUT2D eigenvalue weighted by Crippen LogP contribution is -2.47. The van der Waals surface area contributed by atoms with Crippen LogP contribution in [0.5, 0.6) is 5.75 Å². The number of nitrogens with one attached hydrogen (secondary N) is 1. The van der Waals surface area contributed by atoms with Gasteiger partial charge in [0.05, 0.1) is 11.7 Å². The van der Waals surface area contributed by atoms with Crippen LogP contribution in [-0.2, 0) is 0 Å². The molecule has 3 unspecified atom stereocenters. The molecule has 3 aromatic rings. The summed E-state index contributed by atoms with van der Waals surface area (Å²) < 4.78 is 6.36. The summed E-state index contributed by atoms with van der Waals surface area (Å²) in [6.07, 6.45) is 1.58. The first-order chi connectivity index (χ1) is 14.5. The van der Waals surface area contributed by atoms with Gasteiger partial charge in [0, 0.05) is 17.3 Å². The van der Waals surface area contributed by atoms with E-state index in [2.05, 4.69) is 51.2 Å². The van der Waals surface area contributed by atoms with Crippen molar-refractivity contribution in [1.29, 1.82) is 0 Å². The van der Waals surface area contributed by atoms with E-state index in [1.165, 1.54) is 0 Å². The van der Waals surface area contributed by atoms with Crippen molar-refractivity contribution < 1.29 is 9.53 Å². The normalized spacial score (nSPS) is 17.9. The van der Waals surface area contributed by atoms with Gasteiger partial charge in [0.2, 0.25) is 0 Å². The number of carbonyl (C=O) groups is 1. The summed E-state index contributed by atoms with van der Waals surface area (Å²) in [5.74, 6) is 0.896. The molecule has 3 aromatic carbocycles. The monoisotopic (exact) mass is 402 g/mol. The minimum Gasteiger partial charge on any atom is -0.490 e. The standard InChI is InChI=1S/C26H30N2O2/c1-5-17(3)28-25(27-22-14-10-9-13-21(22)26(28)29)24-20-12-8-7-11-19(20)15-16-23(24)30-18(4)6-2/h7-18,25,27H,5-6H2,1-4H3. The third-order valence-corrected chi connectivity index (χ3v) is 6.14. The lowest BCUT2D eigenvalue weighted by atomic mass is 9.96. The fraction of sp³-hybridized carbons (Fsp3) is 0.346. The predicted octanol–water partition coefficient (Wildman–Crippen LogP) is 6.38. The molecule has 4 rings (SSSR count). The molecule has 4 heteroatoms. The number of nitrogens with zero attached hydrogens (tertiary/aromatic N) is 1. The number of carbonyl (C=O) groups excluding carboxylic acids is 1. The predicted molar refractivity (Wildman–Crippen MR) is 123 cm³/mol. The molecule has 0 saturated heterocycles. The van der Waals surface area contributed by atoms with Crippen LogP contribution >= 0.6 is 0 Å². The maximum atomic E-state index is 13.6. The van der Waals surface area contributed by atoms with Gasteiger partial charge in [-0.2, -0.15) is 0 Å². The number of rotatable bonds is 6. The van der Waals surface area contributed by atoms with Gasteiger partial charge in [0.25, 0.3) is 5.91 Å². The maximum absolute atomic E-state index is 13.6. The topological polar surface area (TPSA) is 41.6 Å². The van der Waals surface area contributed by atoms with Crippen LogP contribution in [0.2, 0.25) is 0 Å². The number of ether oxygens (including phenoxy) is 1. The quantitative estimate of drug-likeness (QED) is 0.520. The van der Waals surface area contributed by atoms with Crippen molar-refractivity contribution in [3.8, 4) is 5.75 Å². The summed E-state index contributed by atoms with van der Waals surface area (Å²) >= 11 is 0. The Bertz CT molecular complexity index is 1060. The minimum absolute atomic E-state index is 0.0612. The first kappa shape index (κ1) is 20.3. The number of fused-ring (bicyclic) bond motifs is 2. The molecule has 0 radical (unpaired) electrons. The molecule has 1 amide bonds. The van der Waals surface area contributed by atoms with Gasteiger partial charge in [-0.25, -0.2) is 0 Å². The highest BCUT2D eigenvalue weighted by atomic mass is 16.5. The van der Waals surface area contributed by atoms with Gasteiger partial charge in [-0.15, -0.1) is 0 Å². The lowest BCUT2D eigenvalue weighted by molar-refractivity contribution is 0.0590. The molecule has 3 atom stereocenters. The van der Waals surface area contributed by atoms with Crippen molar-refractivity contribution in [1.82, 2.24) is 4.90 Å². The smallest absolute Gasteiger partial charge is 0.258 e. The van der Waals surface area contributed by atoms with E-state index in [1.54, 1.807) is 0 Å². The van der Waals surface area contributed by atoms with Gasteiger partial charge < -0.3 is 15.0 Å². The van der Waals surface area contributed by atoms with Crippen molar-refractivity contribution in [2.45, 2.75) is 58.8 Å². The Kier molecular flexibility index (Phi) is 5.67. The van der Waals surface area contributed by atoms with E-state index >= 15 is 0 Å². The van der Waals surface area contributed by atoms with Gasteiger partial charge in [-0.1, -0.05) is 56.3 Å². The zero-order chi connectivity index (χ0) is 21.3. The van der Waals surface area contributed by atoms with E-state index in [9.17, 15) is 4.79 Å².